The third-order valence-electron chi connectivity index (χ3n) is 3.26. The Labute approximate surface area is 112 Å². The first-order chi connectivity index (χ1) is 9.31. The Hall–Kier alpha value is -1.94. The summed E-state index contributed by atoms with van der Waals surface area (Å²) in [7, 11) is 0. The van der Waals surface area contributed by atoms with Crippen molar-refractivity contribution in [3.05, 3.63) is 42.2 Å². The van der Waals surface area contributed by atoms with Crippen molar-refractivity contribution in [2.24, 2.45) is 5.92 Å². The number of rotatable bonds is 4. The lowest BCUT2D eigenvalue weighted by Gasteiger charge is -2.26. The summed E-state index contributed by atoms with van der Waals surface area (Å²) >= 11 is 0. The van der Waals surface area contributed by atoms with Gasteiger partial charge in [0, 0.05) is 24.6 Å². The van der Waals surface area contributed by atoms with Crippen LogP contribution in [0.15, 0.2) is 36.7 Å². The zero-order valence-corrected chi connectivity index (χ0v) is 11.0. The van der Waals surface area contributed by atoms with E-state index >= 15 is 0 Å². The predicted octanol–water partition coefficient (Wildman–Crippen LogP) is 2.05. The van der Waals surface area contributed by atoms with E-state index in [0.717, 1.165) is 36.8 Å². The first-order valence-corrected chi connectivity index (χ1v) is 6.54. The molecule has 0 bridgehead atoms. The van der Waals surface area contributed by atoms with Crippen molar-refractivity contribution in [1.82, 2.24) is 15.3 Å². The molecular formula is C15H17N3O. The van der Waals surface area contributed by atoms with Crippen molar-refractivity contribution in [2.75, 3.05) is 19.7 Å². The van der Waals surface area contributed by atoms with Crippen molar-refractivity contribution in [2.45, 2.75) is 6.92 Å². The number of nitrogens with one attached hydrogen (secondary N) is 1. The van der Waals surface area contributed by atoms with Gasteiger partial charge in [-0.2, -0.15) is 0 Å². The Morgan fingerprint density at radius 3 is 2.68 bits per heavy atom. The fourth-order valence-corrected chi connectivity index (χ4v) is 2.00. The third-order valence-corrected chi connectivity index (χ3v) is 3.26. The lowest BCUT2D eigenvalue weighted by molar-refractivity contribution is 0.198. The molecule has 0 amide bonds. The van der Waals surface area contributed by atoms with Crippen molar-refractivity contribution in [3.8, 4) is 17.1 Å². The van der Waals surface area contributed by atoms with Crippen LogP contribution < -0.4 is 10.1 Å². The Morgan fingerprint density at radius 2 is 2.05 bits per heavy atom. The van der Waals surface area contributed by atoms with E-state index in [9.17, 15) is 0 Å². The molecule has 0 unspecified atom stereocenters. The van der Waals surface area contributed by atoms with Gasteiger partial charge in [-0.1, -0.05) is 23.8 Å². The number of benzene rings is 1. The van der Waals surface area contributed by atoms with Crippen LogP contribution >= 0.6 is 0 Å². The van der Waals surface area contributed by atoms with Gasteiger partial charge in [0.2, 0.25) is 0 Å². The highest BCUT2D eigenvalue weighted by atomic mass is 16.5. The number of hydrogen-bond donors (Lipinski definition) is 1. The normalized spacial score (nSPS) is 15.0. The standard InChI is InChI=1S/C15H17N3O/c1-11-3-2-4-13(5-11)15-17-8-14(9-18-15)19-10-12-6-16-7-12/h2-5,8-9,12,16H,6-7,10H2,1H3. The van der Waals surface area contributed by atoms with Gasteiger partial charge in [-0.25, -0.2) is 9.97 Å². The molecule has 1 aromatic carbocycles. The molecule has 1 saturated heterocycles. The molecule has 3 rings (SSSR count). The van der Waals surface area contributed by atoms with Gasteiger partial charge in [-0.3, -0.25) is 0 Å². The Kier molecular flexibility index (Phi) is 3.42. The molecule has 2 aromatic rings. The summed E-state index contributed by atoms with van der Waals surface area (Å²) < 4.78 is 5.66. The molecule has 0 atom stereocenters. The molecule has 1 aliphatic rings. The summed E-state index contributed by atoms with van der Waals surface area (Å²) in [5.74, 6) is 2.10. The van der Waals surface area contributed by atoms with Crippen LogP contribution in [-0.2, 0) is 0 Å². The second-order valence-electron chi connectivity index (χ2n) is 4.95. The minimum Gasteiger partial charge on any atom is -0.490 e. The Balaban J connectivity index is 1.67. The second-order valence-corrected chi connectivity index (χ2v) is 4.95. The van der Waals surface area contributed by atoms with Crippen LogP contribution in [0.25, 0.3) is 11.4 Å². The van der Waals surface area contributed by atoms with Crippen LogP contribution in [0, 0.1) is 12.8 Å². The van der Waals surface area contributed by atoms with E-state index in [1.807, 2.05) is 12.1 Å². The van der Waals surface area contributed by atoms with Gasteiger partial charge in [-0.15, -0.1) is 0 Å². The van der Waals surface area contributed by atoms with E-state index in [2.05, 4.69) is 34.3 Å². The Bertz CT molecular complexity index is 550. The van der Waals surface area contributed by atoms with Crippen molar-refractivity contribution >= 4 is 0 Å². The van der Waals surface area contributed by atoms with Gasteiger partial charge in [0.15, 0.2) is 11.6 Å². The smallest absolute Gasteiger partial charge is 0.159 e. The lowest BCUT2D eigenvalue weighted by atomic mass is 10.1. The summed E-state index contributed by atoms with van der Waals surface area (Å²) in [6.07, 6.45) is 3.49. The van der Waals surface area contributed by atoms with Crippen LogP contribution in [0.3, 0.4) is 0 Å². The number of ether oxygens (including phenoxy) is 1. The van der Waals surface area contributed by atoms with Crippen LogP contribution in [0.1, 0.15) is 5.56 Å². The molecule has 1 N–H and O–H groups in total. The highest BCUT2D eigenvalue weighted by Crippen LogP contribution is 2.18. The van der Waals surface area contributed by atoms with E-state index in [1.165, 1.54) is 5.56 Å². The molecule has 1 aromatic heterocycles. The van der Waals surface area contributed by atoms with Gasteiger partial charge < -0.3 is 10.1 Å². The topological polar surface area (TPSA) is 47.0 Å². The second kappa shape index (κ2) is 5.36. The average molecular weight is 255 g/mol. The average Bonchev–Trinajstić information content (AvgIpc) is 2.38. The van der Waals surface area contributed by atoms with Gasteiger partial charge >= 0.3 is 0 Å². The molecule has 19 heavy (non-hydrogen) atoms. The molecule has 98 valence electrons. The lowest BCUT2D eigenvalue weighted by Crippen LogP contribution is -2.45. The van der Waals surface area contributed by atoms with E-state index < -0.39 is 0 Å². The first-order valence-electron chi connectivity index (χ1n) is 6.54. The van der Waals surface area contributed by atoms with Crippen molar-refractivity contribution < 1.29 is 4.74 Å². The number of aromatic nitrogens is 2. The molecule has 0 aliphatic carbocycles. The quantitative estimate of drug-likeness (QED) is 0.908. The molecule has 4 heteroatoms. The maximum atomic E-state index is 5.66. The number of nitrogens with zero attached hydrogens (tertiary/aromatic N) is 2. The minimum atomic E-state index is 0.622. The van der Waals surface area contributed by atoms with Crippen molar-refractivity contribution in [1.29, 1.82) is 0 Å². The van der Waals surface area contributed by atoms with E-state index in [-0.39, 0.29) is 0 Å². The van der Waals surface area contributed by atoms with Crippen LogP contribution in [-0.4, -0.2) is 29.7 Å². The summed E-state index contributed by atoms with van der Waals surface area (Å²) in [5.41, 5.74) is 2.24. The van der Waals surface area contributed by atoms with Gasteiger partial charge in [0.1, 0.15) is 0 Å². The fourth-order valence-electron chi connectivity index (χ4n) is 2.00. The summed E-state index contributed by atoms with van der Waals surface area (Å²) in [6, 6.07) is 8.18. The van der Waals surface area contributed by atoms with E-state index in [4.69, 9.17) is 4.74 Å². The molecule has 2 heterocycles. The first kappa shape index (κ1) is 12.1. The number of hydrogen-bond acceptors (Lipinski definition) is 4. The summed E-state index contributed by atoms with van der Waals surface area (Å²) in [4.78, 5) is 8.72. The maximum absolute atomic E-state index is 5.66. The van der Waals surface area contributed by atoms with Gasteiger partial charge in [0.25, 0.3) is 0 Å². The van der Waals surface area contributed by atoms with Gasteiger partial charge in [0.05, 0.1) is 19.0 Å². The molecule has 1 fully saturated rings. The van der Waals surface area contributed by atoms with Crippen LogP contribution in [0.2, 0.25) is 0 Å². The molecule has 4 nitrogen and oxygen atoms in total. The van der Waals surface area contributed by atoms with E-state index in [0.29, 0.717) is 5.92 Å². The molecular weight excluding hydrogens is 238 g/mol. The maximum Gasteiger partial charge on any atom is 0.159 e. The zero-order valence-electron chi connectivity index (χ0n) is 11.0. The SMILES string of the molecule is Cc1cccc(-c2ncc(OCC3CNC3)cn2)c1. The molecule has 0 spiro atoms. The zero-order chi connectivity index (χ0) is 13.1. The molecule has 0 radical (unpaired) electrons. The molecule has 0 saturated carbocycles. The largest absolute Gasteiger partial charge is 0.490 e. The third kappa shape index (κ3) is 2.90. The van der Waals surface area contributed by atoms with Gasteiger partial charge in [-0.05, 0) is 13.0 Å². The summed E-state index contributed by atoms with van der Waals surface area (Å²) in [6.45, 7) is 4.89. The Morgan fingerprint density at radius 1 is 1.26 bits per heavy atom. The fraction of sp³-hybridized carbons (Fsp3) is 0.333. The van der Waals surface area contributed by atoms with Crippen LogP contribution in [0.4, 0.5) is 0 Å². The summed E-state index contributed by atoms with van der Waals surface area (Å²) in [5, 5.41) is 3.22. The predicted molar refractivity (Wildman–Crippen MR) is 74.1 cm³/mol. The highest BCUT2D eigenvalue weighted by Gasteiger charge is 2.17. The van der Waals surface area contributed by atoms with E-state index in [1.54, 1.807) is 12.4 Å². The minimum absolute atomic E-state index is 0.622. The van der Waals surface area contributed by atoms with Crippen molar-refractivity contribution in [3.63, 3.8) is 0 Å². The molecule has 1 aliphatic heterocycles. The number of aryl methyl sites for hydroxylation is 1. The highest BCUT2D eigenvalue weighted by molar-refractivity contribution is 5.55. The van der Waals surface area contributed by atoms with Crippen LogP contribution in [0.5, 0.6) is 5.75 Å². The monoisotopic (exact) mass is 255 g/mol.